The zero-order chi connectivity index (χ0) is 23.7. The quantitative estimate of drug-likeness (QED) is 0.432. The number of nitrogens with zero attached hydrogens (tertiary/aromatic N) is 1. The fourth-order valence-corrected chi connectivity index (χ4v) is 6.08. The fourth-order valence-electron chi connectivity index (χ4n) is 6.08. The highest BCUT2D eigenvalue weighted by Gasteiger charge is 2.57. The minimum Gasteiger partial charge on any atom is -0.497 e. The average molecular weight is 461 g/mol. The van der Waals surface area contributed by atoms with Gasteiger partial charge < -0.3 is 19.5 Å². The number of ether oxygens (including phenoxy) is 3. The van der Waals surface area contributed by atoms with Crippen molar-refractivity contribution in [1.29, 1.82) is 0 Å². The van der Waals surface area contributed by atoms with Crippen LogP contribution in [-0.2, 0) is 22.5 Å². The SMILES string of the molecule is COC(=O)C1CC2(CCc3cccc4c(NCc5ccc(OC)cc5OC)nccc34)CC1C2. The molecule has 0 saturated heterocycles. The van der Waals surface area contributed by atoms with Crippen LogP contribution in [0.2, 0.25) is 0 Å². The number of fused-ring (bicyclic) bond motifs is 2. The largest absolute Gasteiger partial charge is 0.497 e. The molecule has 2 aromatic carbocycles. The third kappa shape index (κ3) is 4.06. The number of benzene rings is 2. The van der Waals surface area contributed by atoms with Crippen LogP contribution in [0.1, 0.15) is 36.8 Å². The molecule has 0 amide bonds. The second kappa shape index (κ2) is 9.16. The van der Waals surface area contributed by atoms with E-state index in [4.69, 9.17) is 14.2 Å². The van der Waals surface area contributed by atoms with Crippen LogP contribution < -0.4 is 14.8 Å². The third-order valence-electron chi connectivity index (χ3n) is 7.88. The molecule has 178 valence electrons. The van der Waals surface area contributed by atoms with Crippen molar-refractivity contribution in [2.75, 3.05) is 26.6 Å². The Kier molecular flexibility index (Phi) is 6.07. The number of methoxy groups -OCH3 is 3. The molecule has 1 atom stereocenters. The van der Waals surface area contributed by atoms with Gasteiger partial charge in [-0.3, -0.25) is 4.79 Å². The summed E-state index contributed by atoms with van der Waals surface area (Å²) in [6.45, 7) is 0.600. The van der Waals surface area contributed by atoms with Gasteiger partial charge in [0.25, 0.3) is 0 Å². The zero-order valence-electron chi connectivity index (χ0n) is 20.1. The summed E-state index contributed by atoms with van der Waals surface area (Å²) in [5, 5.41) is 5.85. The van der Waals surface area contributed by atoms with Gasteiger partial charge in [-0.25, -0.2) is 4.98 Å². The van der Waals surface area contributed by atoms with Crippen molar-refractivity contribution in [1.82, 2.24) is 4.98 Å². The van der Waals surface area contributed by atoms with Crippen LogP contribution in [0.3, 0.4) is 0 Å². The number of aryl methyl sites for hydroxylation is 1. The summed E-state index contributed by atoms with van der Waals surface area (Å²) in [7, 11) is 4.82. The number of carbonyl (C=O) groups excluding carboxylic acids is 1. The second-order valence-electron chi connectivity index (χ2n) is 9.71. The van der Waals surface area contributed by atoms with Gasteiger partial charge in [0.15, 0.2) is 0 Å². The van der Waals surface area contributed by atoms with Crippen LogP contribution in [0.5, 0.6) is 11.5 Å². The summed E-state index contributed by atoms with van der Waals surface area (Å²) in [5.74, 6) is 3.02. The lowest BCUT2D eigenvalue weighted by Gasteiger charge is -2.38. The van der Waals surface area contributed by atoms with Crippen molar-refractivity contribution < 1.29 is 19.0 Å². The monoisotopic (exact) mass is 460 g/mol. The van der Waals surface area contributed by atoms with Gasteiger partial charge in [-0.2, -0.15) is 0 Å². The molecule has 1 N–H and O–H groups in total. The van der Waals surface area contributed by atoms with Gasteiger partial charge in [0.05, 0.1) is 27.2 Å². The first-order valence-electron chi connectivity index (χ1n) is 11.9. The molecule has 0 aliphatic heterocycles. The van der Waals surface area contributed by atoms with Crippen molar-refractivity contribution in [2.24, 2.45) is 17.3 Å². The van der Waals surface area contributed by atoms with E-state index in [9.17, 15) is 4.79 Å². The van der Waals surface area contributed by atoms with E-state index < -0.39 is 0 Å². The van der Waals surface area contributed by atoms with E-state index in [1.807, 2.05) is 24.4 Å². The number of anilines is 1. The standard InChI is InChI=1S/C28H32N2O4/c1-32-21-8-7-19(25(13-21)33-2)17-30-26-23-6-4-5-18(22(23)10-12-29-26)9-11-28-14-20(15-28)24(16-28)27(31)34-3/h4-8,10,12-13,20,24H,9,11,14-17H2,1-3H3,(H,29,30). The molecule has 1 unspecified atom stereocenters. The van der Waals surface area contributed by atoms with Crippen LogP contribution in [-0.4, -0.2) is 32.3 Å². The predicted molar refractivity (Wildman–Crippen MR) is 132 cm³/mol. The fraction of sp³-hybridized carbons (Fsp3) is 0.429. The van der Waals surface area contributed by atoms with E-state index in [1.54, 1.807) is 14.2 Å². The highest BCUT2D eigenvalue weighted by atomic mass is 16.5. The molecule has 3 saturated carbocycles. The molecule has 6 heteroatoms. The second-order valence-corrected chi connectivity index (χ2v) is 9.71. The number of esters is 1. The molecule has 3 aliphatic carbocycles. The van der Waals surface area contributed by atoms with E-state index in [1.165, 1.54) is 18.1 Å². The number of hydrogen-bond acceptors (Lipinski definition) is 6. The number of pyridine rings is 1. The van der Waals surface area contributed by atoms with E-state index in [2.05, 4.69) is 34.6 Å². The Hall–Kier alpha value is -3.28. The first-order chi connectivity index (χ1) is 16.6. The molecule has 0 radical (unpaired) electrons. The van der Waals surface area contributed by atoms with Crippen LogP contribution in [0, 0.1) is 17.3 Å². The molecule has 1 aromatic heterocycles. The van der Waals surface area contributed by atoms with Crippen molar-refractivity contribution >= 4 is 22.6 Å². The van der Waals surface area contributed by atoms with Crippen LogP contribution >= 0.6 is 0 Å². The Morgan fingerprint density at radius 2 is 1.88 bits per heavy atom. The van der Waals surface area contributed by atoms with E-state index >= 15 is 0 Å². The Bertz CT molecular complexity index is 1200. The molecule has 6 nitrogen and oxygen atoms in total. The molecule has 3 aromatic rings. The molecule has 6 rings (SSSR count). The summed E-state index contributed by atoms with van der Waals surface area (Å²) in [5.41, 5.74) is 2.69. The lowest BCUT2D eigenvalue weighted by atomic mass is 9.66. The van der Waals surface area contributed by atoms with Gasteiger partial charge >= 0.3 is 5.97 Å². The number of aromatic nitrogens is 1. The maximum atomic E-state index is 12.1. The lowest BCUT2D eigenvalue weighted by molar-refractivity contribution is -0.146. The first-order valence-corrected chi connectivity index (χ1v) is 11.9. The first kappa shape index (κ1) is 22.5. The smallest absolute Gasteiger partial charge is 0.308 e. The highest BCUT2D eigenvalue weighted by Crippen LogP contribution is 2.64. The average Bonchev–Trinajstić information content (AvgIpc) is 3.42. The highest BCUT2D eigenvalue weighted by molar-refractivity contribution is 5.94. The zero-order valence-corrected chi connectivity index (χ0v) is 20.1. The topological polar surface area (TPSA) is 69.7 Å². The molecule has 2 bridgehead atoms. The number of hydrogen-bond donors (Lipinski definition) is 1. The van der Waals surface area contributed by atoms with E-state index in [0.717, 1.165) is 60.4 Å². The van der Waals surface area contributed by atoms with Crippen LogP contribution in [0.25, 0.3) is 10.8 Å². The molecule has 34 heavy (non-hydrogen) atoms. The van der Waals surface area contributed by atoms with Gasteiger partial charge in [-0.15, -0.1) is 0 Å². The van der Waals surface area contributed by atoms with Gasteiger partial charge in [-0.1, -0.05) is 18.2 Å². The van der Waals surface area contributed by atoms with Crippen molar-refractivity contribution in [3.05, 3.63) is 59.8 Å². The molecule has 1 heterocycles. The minimum absolute atomic E-state index is 0.0233. The molecule has 3 aliphatic rings. The molecule has 3 fully saturated rings. The number of rotatable bonds is 9. The minimum atomic E-state index is -0.0233. The predicted octanol–water partition coefficient (Wildman–Crippen LogP) is 5.39. The van der Waals surface area contributed by atoms with Crippen molar-refractivity contribution in [3.63, 3.8) is 0 Å². The summed E-state index contributed by atoms with van der Waals surface area (Å²) in [6, 6.07) is 14.4. The van der Waals surface area contributed by atoms with E-state index in [0.29, 0.717) is 17.9 Å². The Morgan fingerprint density at radius 3 is 2.65 bits per heavy atom. The Morgan fingerprint density at radius 1 is 1.03 bits per heavy atom. The van der Waals surface area contributed by atoms with Gasteiger partial charge in [0.2, 0.25) is 0 Å². The number of nitrogens with one attached hydrogen (secondary N) is 1. The Labute approximate surface area is 200 Å². The van der Waals surface area contributed by atoms with Gasteiger partial charge in [-0.05, 0) is 72.6 Å². The van der Waals surface area contributed by atoms with Crippen molar-refractivity contribution in [3.8, 4) is 11.5 Å². The summed E-state index contributed by atoms with van der Waals surface area (Å²) < 4.78 is 15.9. The molecular weight excluding hydrogens is 428 g/mol. The summed E-state index contributed by atoms with van der Waals surface area (Å²) in [4.78, 5) is 16.7. The van der Waals surface area contributed by atoms with Crippen LogP contribution in [0.4, 0.5) is 5.82 Å². The summed E-state index contributed by atoms with van der Waals surface area (Å²) in [6.07, 6.45) is 7.30. The van der Waals surface area contributed by atoms with Crippen LogP contribution in [0.15, 0.2) is 48.7 Å². The summed E-state index contributed by atoms with van der Waals surface area (Å²) >= 11 is 0. The van der Waals surface area contributed by atoms with Gasteiger partial charge in [0, 0.05) is 29.8 Å². The lowest BCUT2D eigenvalue weighted by Crippen LogP contribution is -2.29. The maximum absolute atomic E-state index is 12.1. The Balaban J connectivity index is 1.31. The normalized spacial score (nSPS) is 22.8. The van der Waals surface area contributed by atoms with Gasteiger partial charge in [0.1, 0.15) is 17.3 Å². The maximum Gasteiger partial charge on any atom is 0.308 e. The number of carbonyl (C=O) groups is 1. The third-order valence-corrected chi connectivity index (χ3v) is 7.88. The van der Waals surface area contributed by atoms with Crippen molar-refractivity contribution in [2.45, 2.75) is 38.6 Å². The van der Waals surface area contributed by atoms with E-state index in [-0.39, 0.29) is 11.9 Å². The molecular formula is C28H32N2O4. The molecule has 0 spiro atoms.